The van der Waals surface area contributed by atoms with Gasteiger partial charge >= 0.3 is 0 Å². The Morgan fingerprint density at radius 1 is 1.30 bits per heavy atom. The number of aromatic nitrogens is 1. The lowest BCUT2D eigenvalue weighted by Gasteiger charge is -2.20. The van der Waals surface area contributed by atoms with Gasteiger partial charge in [0.2, 0.25) is 0 Å². The van der Waals surface area contributed by atoms with Gasteiger partial charge < -0.3 is 0 Å². The Bertz CT molecular complexity index is 632. The first-order valence-electron chi connectivity index (χ1n) is 5.91. The zero-order chi connectivity index (χ0) is 14.7. The van der Waals surface area contributed by atoms with Gasteiger partial charge in [-0.1, -0.05) is 0 Å². The Morgan fingerprint density at radius 3 is 2.65 bits per heavy atom. The van der Waals surface area contributed by atoms with Crippen molar-refractivity contribution in [3.05, 3.63) is 56.9 Å². The minimum atomic E-state index is -0.448. The molecule has 3 nitrogen and oxygen atoms in total. The number of carbonyl (C=O) groups is 1. The second-order valence-corrected chi connectivity index (χ2v) is 5.78. The molecule has 0 N–H and O–H groups in total. The molecule has 0 saturated carbocycles. The minimum absolute atomic E-state index is 0.275. The van der Waals surface area contributed by atoms with Crippen molar-refractivity contribution in [1.29, 1.82) is 0 Å². The van der Waals surface area contributed by atoms with Gasteiger partial charge in [-0.3, -0.25) is 9.69 Å². The standard InChI is InChI=1S/C14H11Br2FN2O/c1-2-19(13-6-3-9(15)8-18-13)14(20)11-7-10(17)4-5-12(11)16/h3-8H,2H2,1H3. The number of halogens is 3. The van der Waals surface area contributed by atoms with Gasteiger partial charge in [0.05, 0.1) is 5.56 Å². The molecule has 6 heteroatoms. The van der Waals surface area contributed by atoms with Crippen molar-refractivity contribution < 1.29 is 9.18 Å². The molecule has 2 aromatic rings. The maximum absolute atomic E-state index is 13.3. The predicted octanol–water partition coefficient (Wildman–Crippen LogP) is 4.41. The van der Waals surface area contributed by atoms with E-state index < -0.39 is 5.82 Å². The van der Waals surface area contributed by atoms with Gasteiger partial charge in [-0.05, 0) is 69.1 Å². The van der Waals surface area contributed by atoms with Crippen molar-refractivity contribution in [2.45, 2.75) is 6.92 Å². The highest BCUT2D eigenvalue weighted by Crippen LogP contribution is 2.22. The largest absolute Gasteiger partial charge is 0.293 e. The summed E-state index contributed by atoms with van der Waals surface area (Å²) < 4.78 is 14.7. The number of benzene rings is 1. The molecule has 0 fully saturated rings. The molecule has 0 aliphatic rings. The summed E-state index contributed by atoms with van der Waals surface area (Å²) in [6.45, 7) is 2.28. The topological polar surface area (TPSA) is 33.2 Å². The second-order valence-electron chi connectivity index (χ2n) is 4.01. The summed E-state index contributed by atoms with van der Waals surface area (Å²) in [6, 6.07) is 7.58. The van der Waals surface area contributed by atoms with Crippen molar-refractivity contribution in [2.24, 2.45) is 0 Å². The van der Waals surface area contributed by atoms with Crippen molar-refractivity contribution in [2.75, 3.05) is 11.4 Å². The first-order chi connectivity index (χ1) is 9.52. The number of rotatable bonds is 3. The summed E-state index contributed by atoms with van der Waals surface area (Å²) >= 11 is 6.57. The van der Waals surface area contributed by atoms with Crippen molar-refractivity contribution in [3.8, 4) is 0 Å². The molecule has 20 heavy (non-hydrogen) atoms. The summed E-state index contributed by atoms with van der Waals surface area (Å²) in [5.41, 5.74) is 0.275. The third-order valence-corrected chi connectivity index (χ3v) is 3.87. The average molecular weight is 402 g/mol. The summed E-state index contributed by atoms with van der Waals surface area (Å²) in [5, 5.41) is 0. The fraction of sp³-hybridized carbons (Fsp3) is 0.143. The molecule has 1 aromatic heterocycles. The normalized spacial score (nSPS) is 10.4. The molecule has 0 spiro atoms. The van der Waals surface area contributed by atoms with Crippen LogP contribution in [0.4, 0.5) is 10.2 Å². The number of hydrogen-bond acceptors (Lipinski definition) is 2. The van der Waals surface area contributed by atoms with Crippen LogP contribution in [0.1, 0.15) is 17.3 Å². The smallest absolute Gasteiger partial charge is 0.260 e. The molecule has 0 bridgehead atoms. The van der Waals surface area contributed by atoms with Crippen LogP contribution in [0.25, 0.3) is 0 Å². The molecule has 104 valence electrons. The van der Waals surface area contributed by atoms with Crippen molar-refractivity contribution >= 4 is 43.6 Å². The van der Waals surface area contributed by atoms with Gasteiger partial charge in [-0.2, -0.15) is 0 Å². The highest BCUT2D eigenvalue weighted by molar-refractivity contribution is 9.10. The summed E-state index contributed by atoms with van der Waals surface area (Å²) in [5.74, 6) is -0.220. The molecule has 0 aliphatic carbocycles. The number of nitrogens with zero attached hydrogens (tertiary/aromatic N) is 2. The van der Waals surface area contributed by atoms with E-state index in [9.17, 15) is 9.18 Å². The second kappa shape index (κ2) is 6.45. The van der Waals surface area contributed by atoms with Crippen molar-refractivity contribution in [3.63, 3.8) is 0 Å². The molecule has 1 amide bonds. The average Bonchev–Trinajstić information content (AvgIpc) is 2.44. The van der Waals surface area contributed by atoms with Crippen LogP contribution in [0.3, 0.4) is 0 Å². The third-order valence-electron chi connectivity index (χ3n) is 2.71. The third kappa shape index (κ3) is 3.24. The first-order valence-corrected chi connectivity index (χ1v) is 7.50. The number of pyridine rings is 1. The van der Waals surface area contributed by atoms with E-state index in [0.29, 0.717) is 16.8 Å². The van der Waals surface area contributed by atoms with E-state index in [-0.39, 0.29) is 11.5 Å². The number of carbonyl (C=O) groups excluding carboxylic acids is 1. The van der Waals surface area contributed by atoms with Gasteiger partial charge in [0, 0.05) is 21.7 Å². The van der Waals surface area contributed by atoms with Gasteiger partial charge in [-0.25, -0.2) is 9.37 Å². The van der Waals surface area contributed by atoms with E-state index in [4.69, 9.17) is 0 Å². The highest BCUT2D eigenvalue weighted by atomic mass is 79.9. The van der Waals surface area contributed by atoms with Gasteiger partial charge in [0.25, 0.3) is 5.91 Å². The Labute approximate surface area is 133 Å². The Kier molecular flexibility index (Phi) is 4.88. The van der Waals surface area contributed by atoms with E-state index in [1.54, 1.807) is 18.3 Å². The fourth-order valence-corrected chi connectivity index (χ4v) is 2.39. The molecule has 0 unspecified atom stereocenters. The molecular weight excluding hydrogens is 391 g/mol. The SMILES string of the molecule is CCN(C(=O)c1cc(F)ccc1Br)c1ccc(Br)cn1. The van der Waals surface area contributed by atoms with E-state index in [1.807, 2.05) is 6.92 Å². The zero-order valence-electron chi connectivity index (χ0n) is 10.6. The molecular formula is C14H11Br2FN2O. The van der Waals surface area contributed by atoms with Crippen LogP contribution >= 0.6 is 31.9 Å². The molecule has 2 rings (SSSR count). The van der Waals surface area contributed by atoms with Crippen LogP contribution in [0.15, 0.2) is 45.5 Å². The van der Waals surface area contributed by atoms with E-state index in [0.717, 1.165) is 4.47 Å². The molecule has 0 saturated heterocycles. The molecule has 0 atom stereocenters. The first kappa shape index (κ1) is 15.1. The Balaban J connectivity index is 2.38. The fourth-order valence-electron chi connectivity index (χ4n) is 1.74. The maximum Gasteiger partial charge on any atom is 0.260 e. The van der Waals surface area contributed by atoms with Crippen LogP contribution < -0.4 is 4.90 Å². The minimum Gasteiger partial charge on any atom is -0.293 e. The summed E-state index contributed by atoms with van der Waals surface area (Å²) in [4.78, 5) is 18.2. The number of hydrogen-bond donors (Lipinski definition) is 0. The molecule has 1 heterocycles. The lowest BCUT2D eigenvalue weighted by molar-refractivity contribution is 0.0986. The summed E-state index contributed by atoms with van der Waals surface area (Å²) in [6.07, 6.45) is 1.62. The van der Waals surface area contributed by atoms with Crippen LogP contribution in [0, 0.1) is 5.82 Å². The van der Waals surface area contributed by atoms with Crippen LogP contribution in [-0.2, 0) is 0 Å². The van der Waals surface area contributed by atoms with Crippen LogP contribution in [0.5, 0.6) is 0 Å². The number of amides is 1. The zero-order valence-corrected chi connectivity index (χ0v) is 13.8. The van der Waals surface area contributed by atoms with E-state index in [2.05, 4.69) is 36.8 Å². The van der Waals surface area contributed by atoms with Gasteiger partial charge in [0.1, 0.15) is 11.6 Å². The highest BCUT2D eigenvalue weighted by Gasteiger charge is 2.20. The van der Waals surface area contributed by atoms with Gasteiger partial charge in [-0.15, -0.1) is 0 Å². The molecule has 1 aromatic carbocycles. The van der Waals surface area contributed by atoms with Crippen LogP contribution in [0.2, 0.25) is 0 Å². The van der Waals surface area contributed by atoms with E-state index in [1.165, 1.54) is 23.1 Å². The molecule has 0 radical (unpaired) electrons. The predicted molar refractivity (Wildman–Crippen MR) is 83.4 cm³/mol. The lowest BCUT2D eigenvalue weighted by Crippen LogP contribution is -2.31. The monoisotopic (exact) mass is 400 g/mol. The maximum atomic E-state index is 13.3. The lowest BCUT2D eigenvalue weighted by atomic mass is 10.2. The quantitative estimate of drug-likeness (QED) is 0.762. The Hall–Kier alpha value is -1.27. The van der Waals surface area contributed by atoms with Crippen LogP contribution in [-0.4, -0.2) is 17.4 Å². The van der Waals surface area contributed by atoms with E-state index >= 15 is 0 Å². The van der Waals surface area contributed by atoms with Gasteiger partial charge in [0.15, 0.2) is 0 Å². The number of anilines is 1. The molecule has 0 aliphatic heterocycles. The van der Waals surface area contributed by atoms with Crippen molar-refractivity contribution in [1.82, 2.24) is 4.98 Å². The Morgan fingerprint density at radius 2 is 2.05 bits per heavy atom. The summed E-state index contributed by atoms with van der Waals surface area (Å²) in [7, 11) is 0.